The zero-order valence-electron chi connectivity index (χ0n) is 14.0. The molecule has 0 spiro atoms. The van der Waals surface area contributed by atoms with Crippen LogP contribution in [0.4, 0.5) is 0 Å². The van der Waals surface area contributed by atoms with E-state index in [2.05, 4.69) is 58.5 Å². The van der Waals surface area contributed by atoms with E-state index in [0.29, 0.717) is 5.25 Å². The number of rotatable bonds is 4. The Kier molecular flexibility index (Phi) is 6.34. The molecule has 1 saturated heterocycles. The van der Waals surface area contributed by atoms with Gasteiger partial charge in [0.15, 0.2) is 0 Å². The van der Waals surface area contributed by atoms with Crippen molar-refractivity contribution in [2.24, 2.45) is 0 Å². The third-order valence-corrected chi connectivity index (χ3v) is 6.31. The molecule has 1 aliphatic rings. The molecule has 2 aromatic carbocycles. The first-order chi connectivity index (χ1) is 11.8. The first-order valence-electron chi connectivity index (χ1n) is 8.47. The van der Waals surface area contributed by atoms with Crippen molar-refractivity contribution in [3.05, 3.63) is 65.3 Å². The van der Waals surface area contributed by atoms with Gasteiger partial charge in [-0.05, 0) is 49.7 Å². The van der Waals surface area contributed by atoms with Gasteiger partial charge >= 0.3 is 0 Å². The summed E-state index contributed by atoms with van der Waals surface area (Å²) in [6.07, 6.45) is 4.61. The Balaban J connectivity index is 0.00000182. The topological polar surface area (TPSA) is 19.0 Å². The third-order valence-electron chi connectivity index (χ3n) is 4.68. The number of fused-ring (bicyclic) bond motifs is 1. The smallest absolute Gasteiger partial charge is 0.0466 e. The van der Waals surface area contributed by atoms with E-state index < -0.39 is 0 Å². The minimum atomic E-state index is 0. The maximum Gasteiger partial charge on any atom is 0.0466 e. The molecule has 2 nitrogen and oxygen atoms in total. The van der Waals surface area contributed by atoms with Crippen LogP contribution in [0.2, 0.25) is 5.02 Å². The van der Waals surface area contributed by atoms with Crippen molar-refractivity contribution in [1.29, 1.82) is 0 Å². The normalized spacial score (nSPS) is 16.0. The monoisotopic (exact) mass is 392 g/mol. The number of hydrogen-bond donors (Lipinski definition) is 1. The third kappa shape index (κ3) is 4.53. The highest BCUT2D eigenvalue weighted by atomic mass is 35.5. The molecule has 0 amide bonds. The number of hydrogen-bond acceptors (Lipinski definition) is 2. The van der Waals surface area contributed by atoms with Crippen LogP contribution in [0, 0.1) is 0 Å². The summed E-state index contributed by atoms with van der Waals surface area (Å²) in [7, 11) is 0. The first kappa shape index (κ1) is 18.7. The summed E-state index contributed by atoms with van der Waals surface area (Å²) in [5.41, 5.74) is 2.58. The lowest BCUT2D eigenvalue weighted by Crippen LogP contribution is -2.34. The predicted molar refractivity (Wildman–Crippen MR) is 111 cm³/mol. The van der Waals surface area contributed by atoms with Crippen molar-refractivity contribution in [1.82, 2.24) is 9.88 Å². The molecule has 2 heterocycles. The van der Waals surface area contributed by atoms with Gasteiger partial charge in [-0.3, -0.25) is 4.90 Å². The fourth-order valence-electron chi connectivity index (χ4n) is 3.37. The second kappa shape index (κ2) is 8.50. The van der Waals surface area contributed by atoms with Crippen molar-refractivity contribution < 1.29 is 0 Å². The molecule has 0 unspecified atom stereocenters. The highest BCUT2D eigenvalue weighted by Crippen LogP contribution is 2.36. The zero-order valence-corrected chi connectivity index (χ0v) is 16.3. The second-order valence-electron chi connectivity index (χ2n) is 6.42. The number of nitrogens with zero attached hydrogens (tertiary/aromatic N) is 1. The maximum atomic E-state index is 6.16. The fourth-order valence-corrected chi connectivity index (χ4v) is 4.77. The molecule has 3 aromatic rings. The van der Waals surface area contributed by atoms with Crippen molar-refractivity contribution in [2.45, 2.75) is 29.5 Å². The van der Waals surface area contributed by atoms with Crippen molar-refractivity contribution in [2.75, 3.05) is 13.1 Å². The number of likely N-dealkylation sites (tertiary alicyclic amines) is 1. The number of benzene rings is 2. The van der Waals surface area contributed by atoms with Gasteiger partial charge in [-0.1, -0.05) is 41.9 Å². The molecule has 0 aliphatic carbocycles. The Morgan fingerprint density at radius 3 is 2.60 bits per heavy atom. The molecule has 1 N–H and O–H groups in total. The van der Waals surface area contributed by atoms with Gasteiger partial charge in [-0.15, -0.1) is 24.2 Å². The summed E-state index contributed by atoms with van der Waals surface area (Å²) in [6, 6.07) is 16.8. The van der Waals surface area contributed by atoms with E-state index in [1.165, 1.54) is 47.3 Å². The van der Waals surface area contributed by atoms with Gasteiger partial charge in [0.25, 0.3) is 0 Å². The van der Waals surface area contributed by atoms with E-state index >= 15 is 0 Å². The number of aromatic amines is 1. The van der Waals surface area contributed by atoms with Crippen LogP contribution < -0.4 is 0 Å². The van der Waals surface area contributed by atoms with E-state index in [-0.39, 0.29) is 12.4 Å². The molecule has 1 fully saturated rings. The summed E-state index contributed by atoms with van der Waals surface area (Å²) in [5.74, 6) is 0. The number of thioether (sulfide) groups is 1. The van der Waals surface area contributed by atoms with Crippen molar-refractivity contribution in [3.8, 4) is 0 Å². The Morgan fingerprint density at radius 2 is 1.84 bits per heavy atom. The Labute approximate surface area is 164 Å². The van der Waals surface area contributed by atoms with Crippen LogP contribution in [0.3, 0.4) is 0 Å². The second-order valence-corrected chi connectivity index (χ2v) is 8.20. The van der Waals surface area contributed by atoms with Crippen molar-refractivity contribution >= 4 is 46.7 Å². The van der Waals surface area contributed by atoms with Gasteiger partial charge in [0.2, 0.25) is 0 Å². The number of piperidine rings is 1. The first-order valence-corrected chi connectivity index (χ1v) is 9.73. The van der Waals surface area contributed by atoms with Crippen LogP contribution >= 0.6 is 35.8 Å². The molecule has 0 radical (unpaired) electrons. The lowest BCUT2D eigenvalue weighted by atomic mass is 10.1. The molecule has 0 saturated carbocycles. The highest BCUT2D eigenvalue weighted by Gasteiger charge is 2.21. The number of halogens is 2. The summed E-state index contributed by atoms with van der Waals surface area (Å²) in [5, 5.41) is 2.75. The summed E-state index contributed by atoms with van der Waals surface area (Å²) in [4.78, 5) is 7.25. The number of H-pyrrole nitrogens is 1. The van der Waals surface area contributed by atoms with Gasteiger partial charge in [0.1, 0.15) is 0 Å². The van der Waals surface area contributed by atoms with Crippen LogP contribution in [0.15, 0.2) is 59.6 Å². The van der Waals surface area contributed by atoms with E-state index in [1.807, 2.05) is 17.8 Å². The minimum Gasteiger partial charge on any atom is -0.360 e. The summed E-state index contributed by atoms with van der Waals surface area (Å²) < 4.78 is 0. The Morgan fingerprint density at radius 1 is 1.08 bits per heavy atom. The average molecular weight is 393 g/mol. The molecule has 132 valence electrons. The molecular formula is C20H22Cl2N2S. The van der Waals surface area contributed by atoms with E-state index in [1.54, 1.807) is 0 Å². The van der Waals surface area contributed by atoms with Crippen LogP contribution in [-0.2, 0) is 6.54 Å². The lowest BCUT2D eigenvalue weighted by molar-refractivity contribution is 0.225. The summed E-state index contributed by atoms with van der Waals surface area (Å²) >= 11 is 8.16. The van der Waals surface area contributed by atoms with Crippen LogP contribution in [0.25, 0.3) is 10.9 Å². The molecule has 25 heavy (non-hydrogen) atoms. The van der Waals surface area contributed by atoms with E-state index in [4.69, 9.17) is 11.6 Å². The standard InChI is InChI=1S/C20H21ClN2S.ClH/c21-16-6-7-19-18(12-16)20(13-22-19)24-17-8-10-23(11-9-17)14-15-4-2-1-3-5-15;/h1-7,12-13,17,22H,8-11,14H2;1H. The number of aromatic nitrogens is 1. The van der Waals surface area contributed by atoms with E-state index in [9.17, 15) is 0 Å². The van der Waals surface area contributed by atoms with Crippen LogP contribution in [0.1, 0.15) is 18.4 Å². The molecule has 1 aromatic heterocycles. The van der Waals surface area contributed by atoms with Gasteiger partial charge < -0.3 is 4.98 Å². The molecule has 5 heteroatoms. The summed E-state index contributed by atoms with van der Waals surface area (Å²) in [6.45, 7) is 3.42. The van der Waals surface area contributed by atoms with Crippen LogP contribution in [-0.4, -0.2) is 28.2 Å². The van der Waals surface area contributed by atoms with Crippen LogP contribution in [0.5, 0.6) is 0 Å². The fraction of sp³-hybridized carbons (Fsp3) is 0.300. The van der Waals surface area contributed by atoms with Gasteiger partial charge in [-0.2, -0.15) is 0 Å². The maximum absolute atomic E-state index is 6.16. The average Bonchev–Trinajstić information content (AvgIpc) is 3.00. The molecule has 4 rings (SSSR count). The molecule has 0 bridgehead atoms. The highest BCUT2D eigenvalue weighted by molar-refractivity contribution is 8.00. The SMILES string of the molecule is Cl.Clc1ccc2[nH]cc(SC3CCN(Cc4ccccc4)CC3)c2c1. The van der Waals surface area contributed by atoms with Gasteiger partial charge in [0, 0.05) is 38.8 Å². The van der Waals surface area contributed by atoms with Gasteiger partial charge in [-0.25, -0.2) is 0 Å². The largest absolute Gasteiger partial charge is 0.360 e. The molecule has 0 atom stereocenters. The van der Waals surface area contributed by atoms with E-state index in [0.717, 1.165) is 11.6 Å². The quantitative estimate of drug-likeness (QED) is 0.586. The lowest BCUT2D eigenvalue weighted by Gasteiger charge is -2.31. The zero-order chi connectivity index (χ0) is 16.4. The Hall–Kier alpha value is -1.13. The number of nitrogens with one attached hydrogen (secondary N) is 1. The molecular weight excluding hydrogens is 371 g/mol. The molecule has 1 aliphatic heterocycles. The Bertz CT molecular complexity index is 811. The van der Waals surface area contributed by atoms with Crippen molar-refractivity contribution in [3.63, 3.8) is 0 Å². The minimum absolute atomic E-state index is 0. The predicted octanol–water partition coefficient (Wildman–Crippen LogP) is 6.00. The van der Waals surface area contributed by atoms with Gasteiger partial charge in [0.05, 0.1) is 0 Å².